The molecule has 1 heterocycles. The molecular weight excluding hydrogens is 282 g/mol. The van der Waals surface area contributed by atoms with Crippen molar-refractivity contribution in [3.05, 3.63) is 71.3 Å². The van der Waals surface area contributed by atoms with E-state index >= 15 is 0 Å². The van der Waals surface area contributed by atoms with E-state index in [1.54, 1.807) is 12.1 Å². The molecule has 0 saturated carbocycles. The number of rotatable bonds is 3. The molecule has 1 aliphatic heterocycles. The van der Waals surface area contributed by atoms with Crippen molar-refractivity contribution in [2.75, 3.05) is 0 Å². The van der Waals surface area contributed by atoms with E-state index in [-0.39, 0.29) is 13.2 Å². The van der Waals surface area contributed by atoms with Crippen LogP contribution in [0.1, 0.15) is 22.7 Å². The number of fused-ring (bicyclic) bond motifs is 1. The number of amides is 1. The molecule has 22 heavy (non-hydrogen) atoms. The molecule has 0 aliphatic carbocycles. The second kappa shape index (κ2) is 5.89. The van der Waals surface area contributed by atoms with E-state index in [9.17, 15) is 14.7 Å². The van der Waals surface area contributed by atoms with Crippen LogP contribution in [0.4, 0.5) is 4.79 Å². The van der Waals surface area contributed by atoms with Gasteiger partial charge in [0.1, 0.15) is 6.61 Å². The van der Waals surface area contributed by atoms with Crippen LogP contribution in [-0.2, 0) is 22.7 Å². The van der Waals surface area contributed by atoms with Crippen LogP contribution in [0.15, 0.2) is 54.6 Å². The van der Waals surface area contributed by atoms with Crippen molar-refractivity contribution in [1.29, 1.82) is 0 Å². The Kier molecular flexibility index (Phi) is 3.78. The third-order valence-electron chi connectivity index (χ3n) is 3.68. The zero-order valence-electron chi connectivity index (χ0n) is 11.8. The fourth-order valence-electron chi connectivity index (χ4n) is 2.63. The van der Waals surface area contributed by atoms with Crippen LogP contribution in [0.5, 0.6) is 0 Å². The molecule has 5 heteroatoms. The van der Waals surface area contributed by atoms with Gasteiger partial charge in [0.15, 0.2) is 6.04 Å². The molecule has 0 saturated heterocycles. The van der Waals surface area contributed by atoms with Gasteiger partial charge in [-0.1, -0.05) is 54.6 Å². The van der Waals surface area contributed by atoms with Gasteiger partial charge >= 0.3 is 12.1 Å². The van der Waals surface area contributed by atoms with Gasteiger partial charge < -0.3 is 9.84 Å². The minimum absolute atomic E-state index is 0.124. The van der Waals surface area contributed by atoms with Gasteiger partial charge in [0.25, 0.3) is 0 Å². The standard InChI is InChI=1S/C17H15NO4/c19-16(20)15-14-9-5-4-8-13(14)10-18(15)17(21)22-11-12-6-2-1-3-7-12/h1-9,15H,10-11H2,(H,19,20)/t15-/m1/s1. The van der Waals surface area contributed by atoms with Gasteiger partial charge in [-0.25, -0.2) is 9.59 Å². The summed E-state index contributed by atoms with van der Waals surface area (Å²) in [6, 6.07) is 15.5. The van der Waals surface area contributed by atoms with Crippen molar-refractivity contribution in [2.24, 2.45) is 0 Å². The summed E-state index contributed by atoms with van der Waals surface area (Å²) in [6.07, 6.45) is -0.618. The number of ether oxygens (including phenoxy) is 1. The Labute approximate surface area is 127 Å². The minimum atomic E-state index is -1.05. The molecule has 0 fully saturated rings. The van der Waals surface area contributed by atoms with Crippen molar-refractivity contribution >= 4 is 12.1 Å². The summed E-state index contributed by atoms with van der Waals surface area (Å²) < 4.78 is 5.25. The molecule has 2 aromatic rings. The summed E-state index contributed by atoms with van der Waals surface area (Å²) in [7, 11) is 0. The molecule has 1 atom stereocenters. The molecule has 1 aliphatic rings. The highest BCUT2D eigenvalue weighted by Crippen LogP contribution is 2.34. The lowest BCUT2D eigenvalue weighted by molar-refractivity contribution is -0.142. The van der Waals surface area contributed by atoms with Gasteiger partial charge in [-0.15, -0.1) is 0 Å². The Bertz CT molecular complexity index is 699. The van der Waals surface area contributed by atoms with Crippen molar-refractivity contribution in [1.82, 2.24) is 4.90 Å². The molecule has 2 aromatic carbocycles. The SMILES string of the molecule is O=C(O)[C@H]1c2ccccc2CN1C(=O)OCc1ccccc1. The third-order valence-corrected chi connectivity index (χ3v) is 3.68. The first-order valence-corrected chi connectivity index (χ1v) is 6.95. The van der Waals surface area contributed by atoms with Crippen LogP contribution in [-0.4, -0.2) is 22.1 Å². The number of carbonyl (C=O) groups excluding carboxylic acids is 1. The van der Waals surface area contributed by atoms with E-state index in [4.69, 9.17) is 4.74 Å². The molecule has 5 nitrogen and oxygen atoms in total. The molecule has 3 rings (SSSR count). The Hall–Kier alpha value is -2.82. The number of hydrogen-bond acceptors (Lipinski definition) is 3. The fourth-order valence-corrected chi connectivity index (χ4v) is 2.63. The number of nitrogens with zero attached hydrogens (tertiary/aromatic N) is 1. The number of carbonyl (C=O) groups is 2. The van der Waals surface area contributed by atoms with E-state index in [1.807, 2.05) is 42.5 Å². The van der Waals surface area contributed by atoms with Gasteiger partial charge in [0.05, 0.1) is 6.54 Å². The first-order valence-electron chi connectivity index (χ1n) is 6.95. The van der Waals surface area contributed by atoms with E-state index in [0.29, 0.717) is 5.56 Å². The number of benzene rings is 2. The average molecular weight is 297 g/mol. The van der Waals surface area contributed by atoms with Crippen molar-refractivity contribution in [3.8, 4) is 0 Å². The van der Waals surface area contributed by atoms with Crippen LogP contribution in [0.25, 0.3) is 0 Å². The average Bonchev–Trinajstić information content (AvgIpc) is 2.93. The van der Waals surface area contributed by atoms with Crippen LogP contribution < -0.4 is 0 Å². The highest BCUT2D eigenvalue weighted by Gasteiger charge is 2.39. The lowest BCUT2D eigenvalue weighted by atomic mass is 10.1. The van der Waals surface area contributed by atoms with Gasteiger partial charge in [0, 0.05) is 0 Å². The summed E-state index contributed by atoms with van der Waals surface area (Å²) in [5, 5.41) is 9.42. The number of aliphatic carboxylic acids is 1. The Balaban J connectivity index is 1.74. The topological polar surface area (TPSA) is 66.8 Å². The molecule has 0 unspecified atom stereocenters. The van der Waals surface area contributed by atoms with Crippen molar-refractivity contribution in [3.63, 3.8) is 0 Å². The quantitative estimate of drug-likeness (QED) is 0.945. The number of hydrogen-bond donors (Lipinski definition) is 1. The summed E-state index contributed by atoms with van der Waals surface area (Å²) >= 11 is 0. The van der Waals surface area contributed by atoms with Gasteiger partial charge in [-0.05, 0) is 16.7 Å². The second-order valence-corrected chi connectivity index (χ2v) is 5.11. The number of carboxylic acid groups (broad SMARTS) is 1. The normalized spacial score (nSPS) is 16.2. The second-order valence-electron chi connectivity index (χ2n) is 5.11. The lowest BCUT2D eigenvalue weighted by Gasteiger charge is -2.21. The maximum absolute atomic E-state index is 12.2. The maximum atomic E-state index is 12.2. The molecule has 112 valence electrons. The van der Waals surface area contributed by atoms with Gasteiger partial charge in [-0.2, -0.15) is 0 Å². The lowest BCUT2D eigenvalue weighted by Crippen LogP contribution is -2.34. The fraction of sp³-hybridized carbons (Fsp3) is 0.176. The first kappa shape index (κ1) is 14.1. The predicted molar refractivity (Wildman–Crippen MR) is 79.0 cm³/mol. The van der Waals surface area contributed by atoms with Crippen molar-refractivity contribution < 1.29 is 19.4 Å². The molecule has 0 aromatic heterocycles. The molecule has 1 amide bonds. The Morgan fingerprint density at radius 2 is 1.77 bits per heavy atom. The van der Waals surface area contributed by atoms with E-state index in [2.05, 4.69) is 0 Å². The first-order chi connectivity index (χ1) is 10.7. The summed E-state index contributed by atoms with van der Waals surface area (Å²) in [5.41, 5.74) is 2.35. The van der Waals surface area contributed by atoms with Crippen molar-refractivity contribution in [2.45, 2.75) is 19.2 Å². The summed E-state index contributed by atoms with van der Waals surface area (Å²) in [4.78, 5) is 25.0. The largest absolute Gasteiger partial charge is 0.479 e. The monoisotopic (exact) mass is 297 g/mol. The van der Waals surface area contributed by atoms with Crippen LogP contribution in [0.3, 0.4) is 0 Å². The van der Waals surface area contributed by atoms with Crippen LogP contribution in [0.2, 0.25) is 0 Å². The van der Waals surface area contributed by atoms with Crippen LogP contribution >= 0.6 is 0 Å². The minimum Gasteiger partial charge on any atom is -0.479 e. The van der Waals surface area contributed by atoms with Gasteiger partial charge in [-0.3, -0.25) is 4.90 Å². The highest BCUT2D eigenvalue weighted by atomic mass is 16.6. The Morgan fingerprint density at radius 1 is 1.09 bits per heavy atom. The molecular formula is C17H15NO4. The maximum Gasteiger partial charge on any atom is 0.411 e. The smallest absolute Gasteiger partial charge is 0.411 e. The molecule has 1 N–H and O–H groups in total. The summed E-state index contributed by atoms with van der Waals surface area (Å²) in [6.45, 7) is 0.375. The Morgan fingerprint density at radius 3 is 2.50 bits per heavy atom. The summed E-state index contributed by atoms with van der Waals surface area (Å²) in [5.74, 6) is -1.05. The zero-order chi connectivity index (χ0) is 15.5. The number of carboxylic acids is 1. The zero-order valence-corrected chi connectivity index (χ0v) is 11.8. The molecule has 0 bridgehead atoms. The highest BCUT2D eigenvalue weighted by molar-refractivity contribution is 5.83. The van der Waals surface area contributed by atoms with E-state index in [0.717, 1.165) is 11.1 Å². The third kappa shape index (κ3) is 2.65. The predicted octanol–water partition coefficient (Wildman–Crippen LogP) is 2.96. The molecule has 0 spiro atoms. The van der Waals surface area contributed by atoms with Crippen LogP contribution in [0, 0.1) is 0 Å². The van der Waals surface area contributed by atoms with Gasteiger partial charge in [0.2, 0.25) is 0 Å². The van der Waals surface area contributed by atoms with E-state index < -0.39 is 18.1 Å². The van der Waals surface area contributed by atoms with E-state index in [1.165, 1.54) is 4.90 Å². The molecule has 0 radical (unpaired) electrons.